The van der Waals surface area contributed by atoms with E-state index < -0.39 is 0 Å². The average Bonchev–Trinajstić information content (AvgIpc) is 2.66. The fraction of sp³-hybridized carbons (Fsp3) is 0.714. The van der Waals surface area contributed by atoms with E-state index in [4.69, 9.17) is 0 Å². The van der Waals surface area contributed by atoms with Crippen LogP contribution >= 0.6 is 0 Å². The lowest BCUT2D eigenvalue weighted by atomic mass is 9.84. The topological polar surface area (TPSA) is 49.0 Å². The molecule has 0 spiro atoms. The van der Waals surface area contributed by atoms with E-state index in [0.29, 0.717) is 18.9 Å². The fourth-order valence-corrected chi connectivity index (χ4v) is 2.27. The van der Waals surface area contributed by atoms with Gasteiger partial charge in [-0.15, -0.1) is 0 Å². The molecular weight excluding hydrogens is 226 g/mol. The molecule has 102 valence electrons. The van der Waals surface area contributed by atoms with E-state index in [0.717, 1.165) is 12.2 Å². The van der Waals surface area contributed by atoms with E-state index in [9.17, 15) is 4.79 Å². The molecule has 1 aromatic heterocycles. The van der Waals surface area contributed by atoms with Crippen LogP contribution in [0.4, 0.5) is 0 Å². The first-order valence-corrected chi connectivity index (χ1v) is 6.50. The van der Waals surface area contributed by atoms with E-state index in [2.05, 4.69) is 37.7 Å². The highest BCUT2D eigenvalue weighted by Crippen LogP contribution is 2.26. The number of hydrogen-bond acceptors (Lipinski definition) is 2. The molecule has 0 aliphatic carbocycles. The Morgan fingerprint density at radius 1 is 1.50 bits per heavy atom. The van der Waals surface area contributed by atoms with Crippen LogP contribution in [0.1, 0.15) is 46.4 Å². The van der Waals surface area contributed by atoms with Crippen molar-refractivity contribution in [3.05, 3.63) is 18.2 Å². The largest absolute Gasteiger partial charge is 0.347 e. The Labute approximate surface area is 110 Å². The van der Waals surface area contributed by atoms with E-state index in [1.165, 1.54) is 0 Å². The van der Waals surface area contributed by atoms with E-state index in [1.54, 1.807) is 17.3 Å². The first-order chi connectivity index (χ1) is 8.28. The summed E-state index contributed by atoms with van der Waals surface area (Å²) in [6.07, 6.45) is 5.15. The summed E-state index contributed by atoms with van der Waals surface area (Å²) in [5.74, 6) is 1.43. The highest BCUT2D eigenvalue weighted by molar-refractivity contribution is 5.76. The summed E-state index contributed by atoms with van der Waals surface area (Å²) in [6, 6.07) is 0. The lowest BCUT2D eigenvalue weighted by Gasteiger charge is -2.24. The average molecular weight is 251 g/mol. The third kappa shape index (κ3) is 5.34. The highest BCUT2D eigenvalue weighted by Gasteiger charge is 2.19. The minimum absolute atomic E-state index is 0.183. The van der Waals surface area contributed by atoms with Crippen molar-refractivity contribution in [3.63, 3.8) is 0 Å². The second-order valence-electron chi connectivity index (χ2n) is 6.36. The van der Waals surface area contributed by atoms with Gasteiger partial charge < -0.3 is 9.88 Å². The maximum absolute atomic E-state index is 12.0. The number of nitrogens with zero attached hydrogens (tertiary/aromatic N) is 2. The van der Waals surface area contributed by atoms with Crippen molar-refractivity contribution in [1.29, 1.82) is 0 Å². The number of nitrogens with one attached hydrogen (secondary N) is 1. The molecule has 0 saturated carbocycles. The molecule has 0 fully saturated rings. The van der Waals surface area contributed by atoms with E-state index in [1.807, 2.05) is 7.05 Å². The van der Waals surface area contributed by atoms with Crippen molar-refractivity contribution in [2.24, 2.45) is 11.3 Å². The van der Waals surface area contributed by atoms with Gasteiger partial charge in [0.2, 0.25) is 5.91 Å². The summed E-state index contributed by atoms with van der Waals surface area (Å²) in [5.41, 5.74) is 0.277. The summed E-state index contributed by atoms with van der Waals surface area (Å²) < 4.78 is 0. The van der Waals surface area contributed by atoms with Crippen LogP contribution in [0.3, 0.4) is 0 Å². The van der Waals surface area contributed by atoms with Gasteiger partial charge in [-0.2, -0.15) is 0 Å². The predicted molar refractivity (Wildman–Crippen MR) is 72.9 cm³/mol. The van der Waals surface area contributed by atoms with Crippen LogP contribution in [0.5, 0.6) is 0 Å². The number of carbonyl (C=O) groups is 1. The van der Waals surface area contributed by atoms with Gasteiger partial charge in [0, 0.05) is 25.9 Å². The maximum atomic E-state index is 12.0. The summed E-state index contributed by atoms with van der Waals surface area (Å²) in [4.78, 5) is 20.9. The molecule has 0 bridgehead atoms. The Morgan fingerprint density at radius 3 is 2.67 bits per heavy atom. The van der Waals surface area contributed by atoms with Gasteiger partial charge in [0.05, 0.1) is 6.54 Å². The molecule has 4 nitrogen and oxygen atoms in total. The molecule has 1 atom stereocenters. The predicted octanol–water partition coefficient (Wildman–Crippen LogP) is 2.83. The van der Waals surface area contributed by atoms with Crippen molar-refractivity contribution in [2.75, 3.05) is 7.05 Å². The Balaban J connectivity index is 2.40. The zero-order valence-electron chi connectivity index (χ0n) is 12.2. The number of aromatic nitrogens is 2. The van der Waals surface area contributed by atoms with Crippen LogP contribution in [0.2, 0.25) is 0 Å². The summed E-state index contributed by atoms with van der Waals surface area (Å²) >= 11 is 0. The van der Waals surface area contributed by atoms with Gasteiger partial charge in [0.15, 0.2) is 0 Å². The lowest BCUT2D eigenvalue weighted by Crippen LogP contribution is -2.28. The molecule has 1 amide bonds. The number of aromatic amines is 1. The van der Waals surface area contributed by atoms with Gasteiger partial charge in [-0.1, -0.05) is 27.7 Å². The summed E-state index contributed by atoms with van der Waals surface area (Å²) in [5, 5.41) is 0. The molecule has 18 heavy (non-hydrogen) atoms. The smallest absolute Gasteiger partial charge is 0.222 e. The van der Waals surface area contributed by atoms with Crippen LogP contribution < -0.4 is 0 Å². The molecule has 1 unspecified atom stereocenters. The molecule has 0 aromatic carbocycles. The van der Waals surface area contributed by atoms with Gasteiger partial charge in [-0.3, -0.25) is 4.79 Å². The first kappa shape index (κ1) is 14.7. The van der Waals surface area contributed by atoms with Crippen molar-refractivity contribution in [3.8, 4) is 0 Å². The Hall–Kier alpha value is -1.32. The number of H-pyrrole nitrogens is 1. The van der Waals surface area contributed by atoms with Gasteiger partial charge in [0.25, 0.3) is 0 Å². The Morgan fingerprint density at radius 2 is 2.17 bits per heavy atom. The lowest BCUT2D eigenvalue weighted by molar-refractivity contribution is -0.131. The second-order valence-corrected chi connectivity index (χ2v) is 6.36. The quantitative estimate of drug-likeness (QED) is 0.874. The second kappa shape index (κ2) is 6.03. The maximum Gasteiger partial charge on any atom is 0.222 e. The number of hydrogen-bond donors (Lipinski definition) is 1. The van der Waals surface area contributed by atoms with Crippen LogP contribution in [0, 0.1) is 11.3 Å². The first-order valence-electron chi connectivity index (χ1n) is 6.50. The van der Waals surface area contributed by atoms with Gasteiger partial charge in [0.1, 0.15) is 5.82 Å². The number of rotatable bonds is 5. The van der Waals surface area contributed by atoms with Crippen LogP contribution in [0.15, 0.2) is 12.4 Å². The fourth-order valence-electron chi connectivity index (χ4n) is 2.27. The number of imidazole rings is 1. The molecule has 1 aromatic rings. The monoisotopic (exact) mass is 251 g/mol. The van der Waals surface area contributed by atoms with Crippen molar-refractivity contribution in [2.45, 2.75) is 47.1 Å². The third-order valence-electron chi connectivity index (χ3n) is 2.85. The van der Waals surface area contributed by atoms with Crippen molar-refractivity contribution >= 4 is 5.91 Å². The van der Waals surface area contributed by atoms with Gasteiger partial charge in [-0.25, -0.2) is 4.98 Å². The third-order valence-corrected chi connectivity index (χ3v) is 2.85. The van der Waals surface area contributed by atoms with Crippen LogP contribution in [-0.2, 0) is 11.3 Å². The molecule has 0 saturated heterocycles. The normalized spacial score (nSPS) is 13.4. The molecule has 0 aliphatic heterocycles. The highest BCUT2D eigenvalue weighted by atomic mass is 16.2. The SMILES string of the molecule is CC(CC(=O)N(C)Cc1ncc[nH]1)CC(C)(C)C. The standard InChI is InChI=1S/C14H25N3O/c1-11(9-14(2,3)4)8-13(18)17(5)10-12-15-6-7-16-12/h6-7,11H,8-10H2,1-5H3,(H,15,16). The molecule has 0 radical (unpaired) electrons. The molecular formula is C14H25N3O. The van der Waals surface area contributed by atoms with Crippen LogP contribution in [0.25, 0.3) is 0 Å². The minimum Gasteiger partial charge on any atom is -0.347 e. The molecule has 4 heteroatoms. The zero-order valence-corrected chi connectivity index (χ0v) is 12.2. The number of carbonyl (C=O) groups excluding carboxylic acids is 1. The molecule has 1 N–H and O–H groups in total. The number of amides is 1. The van der Waals surface area contributed by atoms with Crippen molar-refractivity contribution < 1.29 is 4.79 Å². The summed E-state index contributed by atoms with van der Waals surface area (Å²) in [7, 11) is 1.83. The molecule has 1 rings (SSSR count). The van der Waals surface area contributed by atoms with Gasteiger partial charge >= 0.3 is 0 Å². The van der Waals surface area contributed by atoms with E-state index in [-0.39, 0.29) is 11.3 Å². The summed E-state index contributed by atoms with van der Waals surface area (Å²) in [6.45, 7) is 9.32. The molecule has 0 aliphatic rings. The van der Waals surface area contributed by atoms with Crippen LogP contribution in [-0.4, -0.2) is 27.8 Å². The Bertz CT molecular complexity index is 365. The zero-order chi connectivity index (χ0) is 13.8. The molecule has 1 heterocycles. The van der Waals surface area contributed by atoms with E-state index >= 15 is 0 Å². The Kier molecular flexibility index (Phi) is 4.93. The van der Waals surface area contributed by atoms with Gasteiger partial charge in [-0.05, 0) is 17.8 Å². The van der Waals surface area contributed by atoms with Crippen molar-refractivity contribution in [1.82, 2.24) is 14.9 Å². The minimum atomic E-state index is 0.183.